The summed E-state index contributed by atoms with van der Waals surface area (Å²) in [5.74, 6) is -0.872. The molecule has 2 unspecified atom stereocenters. The molecule has 0 spiro atoms. The van der Waals surface area contributed by atoms with Crippen molar-refractivity contribution in [1.82, 2.24) is 0 Å². The summed E-state index contributed by atoms with van der Waals surface area (Å²) in [5.41, 5.74) is 3.97. The van der Waals surface area contributed by atoms with Crippen LogP contribution in [0.1, 0.15) is 47.1 Å². The number of ether oxygens (including phenoxy) is 2. The molecule has 0 saturated carbocycles. The molecule has 1 aliphatic carbocycles. The largest absolute Gasteiger partial charge is 0.380 e. The lowest BCUT2D eigenvalue weighted by Gasteiger charge is -2.37. The molecule has 1 N–H and O–H groups in total. The minimum Gasteiger partial charge on any atom is -0.380 e. The van der Waals surface area contributed by atoms with Gasteiger partial charge in [0.05, 0.1) is 13.2 Å². The van der Waals surface area contributed by atoms with Gasteiger partial charge in [0.1, 0.15) is 5.60 Å². The average molecular weight is 386 g/mol. The Kier molecular flexibility index (Phi) is 4.54. The summed E-state index contributed by atoms with van der Waals surface area (Å²) in [6.07, 6.45) is 1.49. The van der Waals surface area contributed by atoms with Crippen LogP contribution >= 0.6 is 0 Å². The van der Waals surface area contributed by atoms with Crippen molar-refractivity contribution in [3.8, 4) is 0 Å². The predicted octanol–water partition coefficient (Wildman–Crippen LogP) is 4.87. The van der Waals surface area contributed by atoms with E-state index in [-0.39, 0.29) is 5.92 Å². The van der Waals surface area contributed by atoms with E-state index in [1.165, 1.54) is 5.56 Å². The Balaban J connectivity index is 1.75. The summed E-state index contributed by atoms with van der Waals surface area (Å²) in [5, 5.41) is 12.5. The maximum absolute atomic E-state index is 12.5. The van der Waals surface area contributed by atoms with Crippen LogP contribution in [-0.4, -0.2) is 18.3 Å². The SMILES string of the molecule is CCC1(c2ccccc2C2(O)c3ccccc3CC2c2ccccc2)OCCO1. The zero-order valence-corrected chi connectivity index (χ0v) is 16.7. The fourth-order valence-electron chi connectivity index (χ4n) is 5.16. The third kappa shape index (κ3) is 2.77. The van der Waals surface area contributed by atoms with Gasteiger partial charge in [-0.3, -0.25) is 0 Å². The molecule has 1 saturated heterocycles. The second kappa shape index (κ2) is 7.10. The molecule has 3 aromatic carbocycles. The third-order valence-corrected chi connectivity index (χ3v) is 6.53. The van der Waals surface area contributed by atoms with Crippen LogP contribution < -0.4 is 0 Å². The van der Waals surface area contributed by atoms with Crippen LogP contribution in [0.25, 0.3) is 0 Å². The summed E-state index contributed by atoms with van der Waals surface area (Å²) in [6.45, 7) is 3.21. The highest BCUT2D eigenvalue weighted by Crippen LogP contribution is 2.53. The molecule has 0 radical (unpaired) electrons. The molecule has 148 valence electrons. The summed E-state index contributed by atoms with van der Waals surface area (Å²) >= 11 is 0. The fourth-order valence-corrected chi connectivity index (χ4v) is 5.16. The molecule has 1 fully saturated rings. The smallest absolute Gasteiger partial charge is 0.195 e. The van der Waals surface area contributed by atoms with Crippen LogP contribution in [0.4, 0.5) is 0 Å². The molecule has 2 atom stereocenters. The molecule has 0 aromatic heterocycles. The first-order chi connectivity index (χ1) is 14.2. The van der Waals surface area contributed by atoms with Crippen LogP contribution in [0.2, 0.25) is 0 Å². The van der Waals surface area contributed by atoms with Crippen LogP contribution in [-0.2, 0) is 27.3 Å². The van der Waals surface area contributed by atoms with Gasteiger partial charge in [0.15, 0.2) is 5.79 Å². The first-order valence-electron chi connectivity index (χ1n) is 10.4. The van der Waals surface area contributed by atoms with E-state index in [1.54, 1.807) is 0 Å². The Morgan fingerprint density at radius 2 is 1.38 bits per heavy atom. The second-order valence-corrected chi connectivity index (χ2v) is 7.94. The van der Waals surface area contributed by atoms with Gasteiger partial charge < -0.3 is 14.6 Å². The first-order valence-corrected chi connectivity index (χ1v) is 10.4. The second-order valence-electron chi connectivity index (χ2n) is 7.94. The van der Waals surface area contributed by atoms with Gasteiger partial charge in [0.25, 0.3) is 0 Å². The lowest BCUT2D eigenvalue weighted by Crippen LogP contribution is -2.37. The van der Waals surface area contributed by atoms with Crippen molar-refractivity contribution in [2.24, 2.45) is 0 Å². The van der Waals surface area contributed by atoms with Crippen LogP contribution in [0, 0.1) is 0 Å². The van der Waals surface area contributed by atoms with Crippen LogP contribution in [0.3, 0.4) is 0 Å². The number of benzene rings is 3. The molecular weight excluding hydrogens is 360 g/mol. The predicted molar refractivity (Wildman–Crippen MR) is 113 cm³/mol. The molecule has 3 heteroatoms. The van der Waals surface area contributed by atoms with Crippen molar-refractivity contribution in [3.63, 3.8) is 0 Å². The monoisotopic (exact) mass is 386 g/mol. The van der Waals surface area contributed by atoms with Gasteiger partial charge >= 0.3 is 0 Å². The van der Waals surface area contributed by atoms with E-state index in [0.29, 0.717) is 19.6 Å². The molecule has 1 aliphatic heterocycles. The molecule has 3 aromatic rings. The zero-order chi connectivity index (χ0) is 19.9. The Labute approximate surface area is 171 Å². The van der Waals surface area contributed by atoms with Crippen molar-refractivity contribution >= 4 is 0 Å². The topological polar surface area (TPSA) is 38.7 Å². The van der Waals surface area contributed by atoms with E-state index in [1.807, 2.05) is 48.5 Å². The molecule has 0 amide bonds. The molecule has 2 aliphatic rings. The highest BCUT2D eigenvalue weighted by Gasteiger charge is 2.51. The van der Waals surface area contributed by atoms with Gasteiger partial charge in [-0.1, -0.05) is 85.8 Å². The summed E-state index contributed by atoms with van der Waals surface area (Å²) in [7, 11) is 0. The summed E-state index contributed by atoms with van der Waals surface area (Å²) in [4.78, 5) is 0. The third-order valence-electron chi connectivity index (χ3n) is 6.53. The fraction of sp³-hybridized carbons (Fsp3) is 0.308. The van der Waals surface area contributed by atoms with Crippen molar-refractivity contribution in [3.05, 3.63) is 107 Å². The Morgan fingerprint density at radius 1 is 0.793 bits per heavy atom. The van der Waals surface area contributed by atoms with Gasteiger partial charge in [-0.25, -0.2) is 0 Å². The highest BCUT2D eigenvalue weighted by atomic mass is 16.7. The van der Waals surface area contributed by atoms with E-state index >= 15 is 0 Å². The van der Waals surface area contributed by atoms with E-state index in [0.717, 1.165) is 28.7 Å². The quantitative estimate of drug-likeness (QED) is 0.695. The number of aliphatic hydroxyl groups is 1. The van der Waals surface area contributed by atoms with Gasteiger partial charge in [-0.15, -0.1) is 0 Å². The van der Waals surface area contributed by atoms with Gasteiger partial charge in [-0.05, 0) is 28.7 Å². The van der Waals surface area contributed by atoms with E-state index in [9.17, 15) is 5.11 Å². The summed E-state index contributed by atoms with van der Waals surface area (Å²) < 4.78 is 12.2. The van der Waals surface area contributed by atoms with E-state index in [2.05, 4.69) is 37.3 Å². The van der Waals surface area contributed by atoms with E-state index in [4.69, 9.17) is 9.47 Å². The average Bonchev–Trinajstić information content (AvgIpc) is 3.39. The van der Waals surface area contributed by atoms with Gasteiger partial charge in [0.2, 0.25) is 0 Å². The molecule has 29 heavy (non-hydrogen) atoms. The Bertz CT molecular complexity index is 1010. The zero-order valence-electron chi connectivity index (χ0n) is 16.7. The highest BCUT2D eigenvalue weighted by molar-refractivity contribution is 5.54. The van der Waals surface area contributed by atoms with Crippen molar-refractivity contribution in [2.75, 3.05) is 13.2 Å². The number of hydrogen-bond acceptors (Lipinski definition) is 3. The number of fused-ring (bicyclic) bond motifs is 1. The van der Waals surface area contributed by atoms with Gasteiger partial charge in [-0.2, -0.15) is 0 Å². The maximum atomic E-state index is 12.5. The molecule has 5 rings (SSSR count). The lowest BCUT2D eigenvalue weighted by atomic mass is 9.74. The maximum Gasteiger partial charge on any atom is 0.195 e. The first kappa shape index (κ1) is 18.6. The molecular formula is C26H26O3. The molecule has 1 heterocycles. The van der Waals surface area contributed by atoms with Crippen molar-refractivity contribution < 1.29 is 14.6 Å². The van der Waals surface area contributed by atoms with E-state index < -0.39 is 11.4 Å². The number of hydrogen-bond donors (Lipinski definition) is 1. The minimum atomic E-state index is -1.15. The normalized spacial score (nSPS) is 25.1. The summed E-state index contributed by atoms with van der Waals surface area (Å²) in [6, 6.07) is 26.7. The Morgan fingerprint density at radius 3 is 2.07 bits per heavy atom. The molecule has 0 bridgehead atoms. The Hall–Kier alpha value is -2.46. The lowest BCUT2D eigenvalue weighted by molar-refractivity contribution is -0.169. The van der Waals surface area contributed by atoms with Crippen molar-refractivity contribution in [1.29, 1.82) is 0 Å². The van der Waals surface area contributed by atoms with Gasteiger partial charge in [0, 0.05) is 17.9 Å². The minimum absolute atomic E-state index is 0.0717. The van der Waals surface area contributed by atoms with Crippen LogP contribution in [0.15, 0.2) is 78.9 Å². The van der Waals surface area contributed by atoms with Crippen molar-refractivity contribution in [2.45, 2.75) is 37.1 Å². The molecule has 3 nitrogen and oxygen atoms in total. The standard InChI is InChI=1S/C26H26O3/c1-2-25(28-16-17-29-25)22-14-8-9-15-23(22)26(27)21-13-7-6-12-20(21)18-24(26)19-10-4-3-5-11-19/h3-15,24,27H,2,16-18H2,1H3. The van der Waals surface area contributed by atoms with Crippen LogP contribution in [0.5, 0.6) is 0 Å². The number of rotatable bonds is 4.